The van der Waals surface area contributed by atoms with Gasteiger partial charge in [0.1, 0.15) is 5.75 Å². The minimum atomic E-state index is -3.78. The summed E-state index contributed by atoms with van der Waals surface area (Å²) in [4.78, 5) is 11.2. The van der Waals surface area contributed by atoms with Crippen LogP contribution in [0.1, 0.15) is 12.5 Å². The van der Waals surface area contributed by atoms with E-state index in [2.05, 4.69) is 10.0 Å². The number of halogens is 1. The van der Waals surface area contributed by atoms with E-state index in [1.807, 2.05) is 0 Å². The third kappa shape index (κ3) is 4.18. The second-order valence-corrected chi connectivity index (χ2v) is 7.20. The van der Waals surface area contributed by atoms with Crippen LogP contribution in [0.3, 0.4) is 0 Å². The van der Waals surface area contributed by atoms with Crippen molar-refractivity contribution in [3.8, 4) is 5.75 Å². The van der Waals surface area contributed by atoms with Crippen LogP contribution in [0.25, 0.3) is 0 Å². The average molecular weight is 369 g/mol. The second kappa shape index (κ2) is 7.11. The van der Waals surface area contributed by atoms with Crippen molar-refractivity contribution in [2.45, 2.75) is 18.7 Å². The first-order valence-electron chi connectivity index (χ1n) is 6.97. The van der Waals surface area contributed by atoms with Crippen molar-refractivity contribution in [2.24, 2.45) is 0 Å². The molecule has 2 rings (SSSR count). The summed E-state index contributed by atoms with van der Waals surface area (Å²) in [7, 11) is -2.30. The van der Waals surface area contributed by atoms with Gasteiger partial charge < -0.3 is 10.1 Å². The number of methoxy groups -OCH3 is 1. The lowest BCUT2D eigenvalue weighted by molar-refractivity contribution is -0.114. The number of nitrogens with one attached hydrogen (secondary N) is 2. The maximum atomic E-state index is 12.5. The number of amides is 1. The van der Waals surface area contributed by atoms with E-state index in [0.29, 0.717) is 27.7 Å². The van der Waals surface area contributed by atoms with Crippen molar-refractivity contribution in [1.29, 1.82) is 0 Å². The minimum Gasteiger partial charge on any atom is -0.495 e. The Labute approximate surface area is 145 Å². The Kier molecular flexibility index (Phi) is 5.36. The summed E-state index contributed by atoms with van der Waals surface area (Å²) in [6.07, 6.45) is 0. The molecule has 0 aliphatic carbocycles. The highest BCUT2D eigenvalue weighted by atomic mass is 35.5. The van der Waals surface area contributed by atoms with Crippen molar-refractivity contribution in [3.05, 3.63) is 47.0 Å². The molecular weight excluding hydrogens is 352 g/mol. The van der Waals surface area contributed by atoms with Gasteiger partial charge in [-0.1, -0.05) is 11.6 Å². The van der Waals surface area contributed by atoms with E-state index in [-0.39, 0.29) is 10.8 Å². The van der Waals surface area contributed by atoms with Crippen LogP contribution in [0, 0.1) is 6.92 Å². The molecule has 6 nitrogen and oxygen atoms in total. The standard InChI is InChI=1S/C16H17ClN2O4S/c1-10-8-13(5-6-15(10)18-11(2)20)24(21,22)19-12-4-7-16(23-3)14(17)9-12/h4-9,19H,1-3H3,(H,18,20). The molecule has 128 valence electrons. The number of aryl methyl sites for hydroxylation is 1. The van der Waals surface area contributed by atoms with Gasteiger partial charge in [0.2, 0.25) is 5.91 Å². The van der Waals surface area contributed by atoms with Gasteiger partial charge in [0.05, 0.1) is 22.7 Å². The van der Waals surface area contributed by atoms with Gasteiger partial charge in [-0.2, -0.15) is 0 Å². The van der Waals surface area contributed by atoms with Gasteiger partial charge in [-0.25, -0.2) is 8.42 Å². The SMILES string of the molecule is COc1ccc(NS(=O)(=O)c2ccc(NC(C)=O)c(C)c2)cc1Cl. The van der Waals surface area contributed by atoms with Gasteiger partial charge in [0.25, 0.3) is 10.0 Å². The van der Waals surface area contributed by atoms with Crippen LogP contribution in [-0.4, -0.2) is 21.4 Å². The number of sulfonamides is 1. The summed E-state index contributed by atoms with van der Waals surface area (Å²) in [5.74, 6) is 0.231. The molecule has 0 heterocycles. The molecule has 0 radical (unpaired) electrons. The maximum absolute atomic E-state index is 12.5. The number of carbonyl (C=O) groups excluding carboxylic acids is 1. The largest absolute Gasteiger partial charge is 0.495 e. The molecule has 0 saturated carbocycles. The molecule has 0 aliphatic heterocycles. The third-order valence-corrected chi connectivity index (χ3v) is 4.90. The number of hydrogen-bond acceptors (Lipinski definition) is 4. The van der Waals surface area contributed by atoms with Crippen LogP contribution in [0.5, 0.6) is 5.75 Å². The molecule has 2 aromatic carbocycles. The Morgan fingerprint density at radius 1 is 1.17 bits per heavy atom. The third-order valence-electron chi connectivity index (χ3n) is 3.22. The van der Waals surface area contributed by atoms with Gasteiger partial charge in [-0.15, -0.1) is 0 Å². The highest BCUT2D eigenvalue weighted by Crippen LogP contribution is 2.29. The monoisotopic (exact) mass is 368 g/mol. The molecule has 0 aliphatic rings. The summed E-state index contributed by atoms with van der Waals surface area (Å²) >= 11 is 6.00. The average Bonchev–Trinajstić information content (AvgIpc) is 2.48. The predicted molar refractivity (Wildman–Crippen MR) is 94.3 cm³/mol. The topological polar surface area (TPSA) is 84.5 Å². The molecule has 2 N–H and O–H groups in total. The van der Waals surface area contributed by atoms with Gasteiger partial charge in [0.15, 0.2) is 0 Å². The fraction of sp³-hybridized carbons (Fsp3) is 0.188. The lowest BCUT2D eigenvalue weighted by Gasteiger charge is -2.12. The van der Waals surface area contributed by atoms with Crippen LogP contribution in [0.2, 0.25) is 5.02 Å². The molecule has 0 spiro atoms. The number of benzene rings is 2. The zero-order chi connectivity index (χ0) is 17.9. The van der Waals surface area contributed by atoms with Crippen molar-refractivity contribution >= 4 is 38.9 Å². The van der Waals surface area contributed by atoms with Gasteiger partial charge in [0, 0.05) is 12.6 Å². The Morgan fingerprint density at radius 3 is 2.42 bits per heavy atom. The van der Waals surface area contributed by atoms with Crippen molar-refractivity contribution in [2.75, 3.05) is 17.1 Å². The molecule has 1 amide bonds. The Balaban J connectivity index is 2.29. The maximum Gasteiger partial charge on any atom is 0.261 e. The van der Waals surface area contributed by atoms with Crippen LogP contribution >= 0.6 is 11.6 Å². The number of anilines is 2. The predicted octanol–water partition coefficient (Wildman–Crippen LogP) is 3.42. The molecule has 8 heteroatoms. The Bertz CT molecular complexity index is 882. The van der Waals surface area contributed by atoms with E-state index < -0.39 is 10.0 Å². The van der Waals surface area contributed by atoms with E-state index in [9.17, 15) is 13.2 Å². The molecule has 0 aromatic heterocycles. The smallest absolute Gasteiger partial charge is 0.261 e. The molecule has 0 fully saturated rings. The first-order valence-corrected chi connectivity index (χ1v) is 8.83. The number of carbonyl (C=O) groups is 1. The Hall–Kier alpha value is -2.25. The van der Waals surface area contributed by atoms with E-state index in [1.54, 1.807) is 25.1 Å². The summed E-state index contributed by atoms with van der Waals surface area (Å²) in [5.41, 5.74) is 1.53. The number of hydrogen-bond donors (Lipinski definition) is 2. The fourth-order valence-electron chi connectivity index (χ4n) is 2.08. The summed E-state index contributed by atoms with van der Waals surface area (Å²) in [6.45, 7) is 3.10. The molecule has 0 atom stereocenters. The number of rotatable bonds is 5. The molecule has 0 saturated heterocycles. The molecule has 2 aromatic rings. The summed E-state index contributed by atoms with van der Waals surface area (Å²) in [6, 6.07) is 9.05. The van der Waals surface area contributed by atoms with Gasteiger partial charge >= 0.3 is 0 Å². The lowest BCUT2D eigenvalue weighted by Crippen LogP contribution is -2.14. The lowest BCUT2D eigenvalue weighted by atomic mass is 10.2. The summed E-state index contributed by atoms with van der Waals surface area (Å²) in [5, 5.41) is 2.94. The molecule has 0 unspecified atom stereocenters. The van der Waals surface area contributed by atoms with E-state index in [4.69, 9.17) is 16.3 Å². The Morgan fingerprint density at radius 2 is 1.88 bits per heavy atom. The zero-order valence-electron chi connectivity index (χ0n) is 13.4. The minimum absolute atomic E-state index is 0.0843. The van der Waals surface area contributed by atoms with Crippen molar-refractivity contribution < 1.29 is 17.9 Å². The van der Waals surface area contributed by atoms with Crippen LogP contribution in [-0.2, 0) is 14.8 Å². The summed E-state index contributed by atoms with van der Waals surface area (Å²) < 4.78 is 32.5. The zero-order valence-corrected chi connectivity index (χ0v) is 15.0. The van der Waals surface area contributed by atoms with Gasteiger partial charge in [-0.3, -0.25) is 9.52 Å². The molecular formula is C16H17ClN2O4S. The molecule has 24 heavy (non-hydrogen) atoms. The first-order chi connectivity index (χ1) is 11.2. The van der Waals surface area contributed by atoms with Crippen LogP contribution in [0.15, 0.2) is 41.3 Å². The quantitative estimate of drug-likeness (QED) is 0.846. The fourth-order valence-corrected chi connectivity index (χ4v) is 3.47. The highest BCUT2D eigenvalue weighted by molar-refractivity contribution is 7.92. The second-order valence-electron chi connectivity index (χ2n) is 5.11. The van der Waals surface area contributed by atoms with Crippen LogP contribution in [0.4, 0.5) is 11.4 Å². The highest BCUT2D eigenvalue weighted by Gasteiger charge is 2.16. The van der Waals surface area contributed by atoms with Crippen molar-refractivity contribution in [1.82, 2.24) is 0 Å². The van der Waals surface area contributed by atoms with Crippen molar-refractivity contribution in [3.63, 3.8) is 0 Å². The molecule has 0 bridgehead atoms. The van der Waals surface area contributed by atoms with E-state index in [1.165, 1.54) is 32.2 Å². The van der Waals surface area contributed by atoms with E-state index >= 15 is 0 Å². The van der Waals surface area contributed by atoms with Gasteiger partial charge in [-0.05, 0) is 48.9 Å². The first kappa shape index (κ1) is 18.1. The van der Waals surface area contributed by atoms with Crippen LogP contribution < -0.4 is 14.8 Å². The van der Waals surface area contributed by atoms with E-state index in [0.717, 1.165) is 0 Å². The normalized spacial score (nSPS) is 11.0. The number of ether oxygens (including phenoxy) is 1.